The van der Waals surface area contributed by atoms with E-state index in [0.717, 1.165) is 63.2 Å². The third kappa shape index (κ3) is 4.24. The second-order valence-electron chi connectivity index (χ2n) is 6.61. The van der Waals surface area contributed by atoms with Gasteiger partial charge in [-0.1, -0.05) is 31.0 Å². The summed E-state index contributed by atoms with van der Waals surface area (Å²) in [6, 6.07) is 8.17. The van der Waals surface area contributed by atoms with Crippen LogP contribution in [-0.4, -0.2) is 42.9 Å². The van der Waals surface area contributed by atoms with Crippen LogP contribution in [0.5, 0.6) is 0 Å². The first kappa shape index (κ1) is 16.3. The molecule has 126 valence electrons. The van der Waals surface area contributed by atoms with Gasteiger partial charge in [-0.25, -0.2) is 0 Å². The number of nitrogens with zero attached hydrogens (tertiary/aromatic N) is 1. The van der Waals surface area contributed by atoms with E-state index in [1.807, 2.05) is 12.1 Å². The normalized spacial score (nSPS) is 20.5. The number of anilines is 1. The molecule has 0 aromatic heterocycles. The fraction of sp³-hybridized carbons (Fsp3) is 0.611. The summed E-state index contributed by atoms with van der Waals surface area (Å²) in [5.74, 6) is -0.0637. The highest BCUT2D eigenvalue weighted by Gasteiger charge is 2.33. The van der Waals surface area contributed by atoms with E-state index in [2.05, 4.69) is 22.3 Å². The van der Waals surface area contributed by atoms with Crippen LogP contribution in [0.2, 0.25) is 0 Å². The van der Waals surface area contributed by atoms with Crippen molar-refractivity contribution in [3.63, 3.8) is 0 Å². The monoisotopic (exact) mass is 318 g/mol. The zero-order chi connectivity index (χ0) is 16.1. The van der Waals surface area contributed by atoms with E-state index in [1.165, 1.54) is 0 Å². The maximum atomic E-state index is 12.2. The number of benzene rings is 1. The van der Waals surface area contributed by atoms with Gasteiger partial charge in [0.05, 0.1) is 25.2 Å². The molecular weight excluding hydrogens is 292 g/mol. The minimum Gasteiger partial charge on any atom is -0.389 e. The van der Waals surface area contributed by atoms with E-state index < -0.39 is 5.60 Å². The number of morpholine rings is 1. The van der Waals surface area contributed by atoms with Crippen LogP contribution in [0.4, 0.5) is 5.69 Å². The van der Waals surface area contributed by atoms with Gasteiger partial charge in [0.15, 0.2) is 0 Å². The lowest BCUT2D eigenvalue weighted by Gasteiger charge is -2.30. The van der Waals surface area contributed by atoms with Crippen LogP contribution < -0.4 is 10.2 Å². The molecule has 2 N–H and O–H groups in total. The lowest BCUT2D eigenvalue weighted by molar-refractivity contribution is -0.126. The number of hydrogen-bond acceptors (Lipinski definition) is 4. The molecular formula is C18H26N2O3. The van der Waals surface area contributed by atoms with Crippen molar-refractivity contribution in [2.24, 2.45) is 0 Å². The van der Waals surface area contributed by atoms with Crippen LogP contribution in [0.1, 0.15) is 37.7 Å². The zero-order valence-corrected chi connectivity index (χ0v) is 13.6. The topological polar surface area (TPSA) is 61.8 Å². The zero-order valence-electron chi connectivity index (χ0n) is 13.6. The van der Waals surface area contributed by atoms with E-state index in [4.69, 9.17) is 4.74 Å². The van der Waals surface area contributed by atoms with Gasteiger partial charge >= 0.3 is 0 Å². The highest BCUT2D eigenvalue weighted by molar-refractivity contribution is 5.77. The van der Waals surface area contributed by atoms with Crippen molar-refractivity contribution < 1.29 is 14.6 Å². The number of aliphatic hydroxyl groups is 1. The van der Waals surface area contributed by atoms with E-state index in [1.54, 1.807) is 0 Å². The van der Waals surface area contributed by atoms with E-state index in [0.29, 0.717) is 6.54 Å². The molecule has 0 radical (unpaired) electrons. The highest BCUT2D eigenvalue weighted by atomic mass is 16.5. The summed E-state index contributed by atoms with van der Waals surface area (Å²) in [7, 11) is 0. The van der Waals surface area contributed by atoms with Crippen molar-refractivity contribution in [3.8, 4) is 0 Å². The Morgan fingerprint density at radius 1 is 1.22 bits per heavy atom. The highest BCUT2D eigenvalue weighted by Crippen LogP contribution is 2.32. The maximum Gasteiger partial charge on any atom is 0.223 e. The fourth-order valence-electron chi connectivity index (χ4n) is 3.54. The van der Waals surface area contributed by atoms with Crippen LogP contribution in [-0.2, 0) is 16.1 Å². The predicted molar refractivity (Wildman–Crippen MR) is 89.4 cm³/mol. The molecule has 1 aliphatic heterocycles. The maximum absolute atomic E-state index is 12.2. The second-order valence-corrected chi connectivity index (χ2v) is 6.61. The number of amides is 1. The quantitative estimate of drug-likeness (QED) is 0.869. The van der Waals surface area contributed by atoms with Crippen molar-refractivity contribution in [1.82, 2.24) is 5.32 Å². The molecule has 0 atom stereocenters. The molecule has 2 fully saturated rings. The number of ether oxygens (including phenoxy) is 1. The number of carbonyl (C=O) groups is 1. The SMILES string of the molecule is O=C(CC1(O)CCCC1)NCc1ccccc1N1CCOCC1. The molecule has 1 saturated carbocycles. The molecule has 2 aliphatic rings. The third-order valence-electron chi connectivity index (χ3n) is 4.84. The summed E-state index contributed by atoms with van der Waals surface area (Å²) in [4.78, 5) is 14.5. The van der Waals surface area contributed by atoms with Gasteiger partial charge < -0.3 is 20.1 Å². The van der Waals surface area contributed by atoms with E-state index in [-0.39, 0.29) is 12.3 Å². The predicted octanol–water partition coefficient (Wildman–Crippen LogP) is 1.83. The molecule has 3 rings (SSSR count). The van der Waals surface area contributed by atoms with Gasteiger partial charge in [-0.2, -0.15) is 0 Å². The first-order valence-electron chi connectivity index (χ1n) is 8.56. The van der Waals surface area contributed by atoms with E-state index in [9.17, 15) is 9.90 Å². The summed E-state index contributed by atoms with van der Waals surface area (Å²) in [6.45, 7) is 3.75. The number of hydrogen-bond donors (Lipinski definition) is 2. The Morgan fingerprint density at radius 3 is 2.65 bits per heavy atom. The van der Waals surface area contributed by atoms with Gasteiger partial charge in [0, 0.05) is 25.3 Å². The Kier molecular flexibility index (Phi) is 5.18. The minimum atomic E-state index is -0.784. The molecule has 1 amide bonds. The van der Waals surface area contributed by atoms with Crippen LogP contribution in [0, 0.1) is 0 Å². The lowest BCUT2D eigenvalue weighted by Crippen LogP contribution is -2.38. The Bertz CT molecular complexity index is 535. The summed E-state index contributed by atoms with van der Waals surface area (Å²) in [5.41, 5.74) is 1.49. The number of rotatable bonds is 5. The molecule has 23 heavy (non-hydrogen) atoms. The van der Waals surface area contributed by atoms with Gasteiger partial charge in [0.25, 0.3) is 0 Å². The van der Waals surface area contributed by atoms with Crippen LogP contribution in [0.3, 0.4) is 0 Å². The summed E-state index contributed by atoms with van der Waals surface area (Å²) in [5, 5.41) is 13.3. The summed E-state index contributed by atoms with van der Waals surface area (Å²) in [6.07, 6.45) is 3.73. The van der Waals surface area contributed by atoms with Gasteiger partial charge in [-0.05, 0) is 24.5 Å². The van der Waals surface area contributed by atoms with Crippen molar-refractivity contribution in [2.75, 3.05) is 31.2 Å². The average Bonchev–Trinajstić information content (AvgIpc) is 3.00. The molecule has 1 aliphatic carbocycles. The molecule has 5 nitrogen and oxygen atoms in total. The first-order chi connectivity index (χ1) is 11.2. The average molecular weight is 318 g/mol. The molecule has 0 spiro atoms. The fourth-order valence-corrected chi connectivity index (χ4v) is 3.54. The molecule has 1 aromatic carbocycles. The molecule has 0 unspecified atom stereocenters. The Morgan fingerprint density at radius 2 is 1.91 bits per heavy atom. The molecule has 5 heteroatoms. The third-order valence-corrected chi connectivity index (χ3v) is 4.84. The van der Waals surface area contributed by atoms with Crippen LogP contribution >= 0.6 is 0 Å². The van der Waals surface area contributed by atoms with Crippen molar-refractivity contribution in [2.45, 2.75) is 44.2 Å². The summed E-state index contributed by atoms with van der Waals surface area (Å²) >= 11 is 0. The van der Waals surface area contributed by atoms with Gasteiger partial charge in [0.1, 0.15) is 0 Å². The molecule has 1 saturated heterocycles. The molecule has 1 heterocycles. The number of para-hydroxylation sites is 1. The van der Waals surface area contributed by atoms with Crippen LogP contribution in [0.15, 0.2) is 24.3 Å². The second kappa shape index (κ2) is 7.32. The largest absolute Gasteiger partial charge is 0.389 e. The molecule has 0 bridgehead atoms. The lowest BCUT2D eigenvalue weighted by atomic mass is 9.97. The smallest absolute Gasteiger partial charge is 0.223 e. The van der Waals surface area contributed by atoms with Gasteiger partial charge in [0.2, 0.25) is 5.91 Å². The van der Waals surface area contributed by atoms with Crippen molar-refractivity contribution >= 4 is 11.6 Å². The van der Waals surface area contributed by atoms with Crippen molar-refractivity contribution in [3.05, 3.63) is 29.8 Å². The van der Waals surface area contributed by atoms with Gasteiger partial charge in [-0.15, -0.1) is 0 Å². The Balaban J connectivity index is 1.58. The number of nitrogens with one attached hydrogen (secondary N) is 1. The first-order valence-corrected chi connectivity index (χ1v) is 8.56. The summed E-state index contributed by atoms with van der Waals surface area (Å²) < 4.78 is 5.41. The van der Waals surface area contributed by atoms with Crippen LogP contribution in [0.25, 0.3) is 0 Å². The number of carbonyl (C=O) groups excluding carboxylic acids is 1. The van der Waals surface area contributed by atoms with E-state index >= 15 is 0 Å². The van der Waals surface area contributed by atoms with Gasteiger partial charge in [-0.3, -0.25) is 4.79 Å². The molecule has 1 aromatic rings. The Hall–Kier alpha value is -1.59. The minimum absolute atomic E-state index is 0.0637. The Labute approximate surface area is 137 Å². The van der Waals surface area contributed by atoms with Crippen molar-refractivity contribution in [1.29, 1.82) is 0 Å². The standard InChI is InChI=1S/C18H26N2O3/c21-17(13-18(22)7-3-4-8-18)19-14-15-5-1-2-6-16(15)20-9-11-23-12-10-20/h1-2,5-6,22H,3-4,7-14H2,(H,19,21).